The highest BCUT2D eigenvalue weighted by molar-refractivity contribution is 5.89. The van der Waals surface area contributed by atoms with E-state index in [9.17, 15) is 4.79 Å². The fourth-order valence-electron chi connectivity index (χ4n) is 2.67. The Labute approximate surface area is 124 Å². The summed E-state index contributed by atoms with van der Waals surface area (Å²) in [4.78, 5) is 13.6. The number of ether oxygens (including phenoxy) is 3. The quantitative estimate of drug-likeness (QED) is 0.856. The molecule has 2 aliphatic rings. The van der Waals surface area contributed by atoms with Crippen LogP contribution in [0.15, 0.2) is 24.3 Å². The highest BCUT2D eigenvalue weighted by Gasteiger charge is 2.33. The highest BCUT2D eigenvalue weighted by Crippen LogP contribution is 2.23. The number of rotatable bonds is 4. The van der Waals surface area contributed by atoms with Crippen LogP contribution >= 0.6 is 0 Å². The molecule has 2 unspecified atom stereocenters. The Morgan fingerprint density at radius 2 is 2.29 bits per heavy atom. The molecule has 2 atom stereocenters. The maximum atomic E-state index is 12.0. The number of cyclic esters (lactones) is 1. The first-order valence-corrected chi connectivity index (χ1v) is 7.50. The Morgan fingerprint density at radius 1 is 1.38 bits per heavy atom. The van der Waals surface area contributed by atoms with E-state index in [4.69, 9.17) is 14.2 Å². The van der Waals surface area contributed by atoms with Crippen molar-refractivity contribution in [3.05, 3.63) is 29.8 Å². The number of nitrogens with zero attached hydrogens (tertiary/aromatic N) is 1. The van der Waals surface area contributed by atoms with Gasteiger partial charge in [0.2, 0.25) is 0 Å². The molecule has 21 heavy (non-hydrogen) atoms. The SMILES string of the molecule is Cc1cccc(N2CC(COC3CCCCO3)OC2=O)c1. The van der Waals surface area contributed by atoms with Gasteiger partial charge in [-0.25, -0.2) is 4.79 Å². The van der Waals surface area contributed by atoms with Gasteiger partial charge in [-0.3, -0.25) is 4.90 Å². The smallest absolute Gasteiger partial charge is 0.414 e. The molecule has 0 aliphatic carbocycles. The summed E-state index contributed by atoms with van der Waals surface area (Å²) in [5, 5.41) is 0. The van der Waals surface area contributed by atoms with Crippen LogP contribution in [0.25, 0.3) is 0 Å². The number of amides is 1. The van der Waals surface area contributed by atoms with Crippen molar-refractivity contribution in [2.24, 2.45) is 0 Å². The van der Waals surface area contributed by atoms with Crippen molar-refractivity contribution in [1.29, 1.82) is 0 Å². The minimum atomic E-state index is -0.307. The molecule has 5 nitrogen and oxygen atoms in total. The first kappa shape index (κ1) is 14.4. The normalized spacial score (nSPS) is 26.0. The summed E-state index contributed by atoms with van der Waals surface area (Å²) in [6.45, 7) is 3.67. The van der Waals surface area contributed by atoms with Crippen LogP contribution in [0.5, 0.6) is 0 Å². The van der Waals surface area contributed by atoms with Crippen LogP contribution in [0.3, 0.4) is 0 Å². The van der Waals surface area contributed by atoms with E-state index in [0.29, 0.717) is 13.2 Å². The summed E-state index contributed by atoms with van der Waals surface area (Å²) < 4.78 is 16.6. The van der Waals surface area contributed by atoms with Crippen molar-refractivity contribution in [2.75, 3.05) is 24.7 Å². The van der Waals surface area contributed by atoms with Crippen LogP contribution in [-0.2, 0) is 14.2 Å². The summed E-state index contributed by atoms with van der Waals surface area (Å²) >= 11 is 0. The number of benzene rings is 1. The lowest BCUT2D eigenvalue weighted by atomic mass is 10.2. The van der Waals surface area contributed by atoms with E-state index in [-0.39, 0.29) is 18.5 Å². The van der Waals surface area contributed by atoms with Crippen molar-refractivity contribution in [2.45, 2.75) is 38.6 Å². The van der Waals surface area contributed by atoms with Crippen molar-refractivity contribution in [3.63, 3.8) is 0 Å². The molecule has 0 spiro atoms. The molecule has 0 bridgehead atoms. The monoisotopic (exact) mass is 291 g/mol. The maximum absolute atomic E-state index is 12.0. The van der Waals surface area contributed by atoms with Crippen LogP contribution in [-0.4, -0.2) is 38.2 Å². The molecule has 2 fully saturated rings. The van der Waals surface area contributed by atoms with Gasteiger partial charge in [0.05, 0.1) is 13.2 Å². The highest BCUT2D eigenvalue weighted by atomic mass is 16.7. The fourth-order valence-corrected chi connectivity index (χ4v) is 2.67. The van der Waals surface area contributed by atoms with Gasteiger partial charge >= 0.3 is 6.09 Å². The largest absolute Gasteiger partial charge is 0.441 e. The molecule has 5 heteroatoms. The average molecular weight is 291 g/mol. The van der Waals surface area contributed by atoms with Gasteiger partial charge in [-0.1, -0.05) is 12.1 Å². The van der Waals surface area contributed by atoms with E-state index in [1.165, 1.54) is 0 Å². The molecular weight excluding hydrogens is 270 g/mol. The van der Waals surface area contributed by atoms with E-state index < -0.39 is 0 Å². The second kappa shape index (κ2) is 6.45. The van der Waals surface area contributed by atoms with Crippen LogP contribution in [0.4, 0.5) is 10.5 Å². The average Bonchev–Trinajstić information content (AvgIpc) is 2.87. The number of hydrogen-bond donors (Lipinski definition) is 0. The van der Waals surface area contributed by atoms with Crippen LogP contribution in [0, 0.1) is 6.92 Å². The number of aryl methyl sites for hydroxylation is 1. The molecule has 0 N–H and O–H groups in total. The van der Waals surface area contributed by atoms with Gasteiger partial charge in [0, 0.05) is 12.3 Å². The lowest BCUT2D eigenvalue weighted by Gasteiger charge is -2.23. The molecule has 114 valence electrons. The number of anilines is 1. The third kappa shape index (κ3) is 3.54. The van der Waals surface area contributed by atoms with E-state index in [1.807, 2.05) is 31.2 Å². The van der Waals surface area contributed by atoms with Gasteiger partial charge in [0.25, 0.3) is 0 Å². The third-order valence-corrected chi connectivity index (χ3v) is 3.79. The van der Waals surface area contributed by atoms with E-state index >= 15 is 0 Å². The topological polar surface area (TPSA) is 48.0 Å². The zero-order chi connectivity index (χ0) is 14.7. The first-order valence-electron chi connectivity index (χ1n) is 7.50. The maximum Gasteiger partial charge on any atom is 0.414 e. The predicted molar refractivity (Wildman–Crippen MR) is 78.3 cm³/mol. The summed E-state index contributed by atoms with van der Waals surface area (Å²) in [5.41, 5.74) is 1.99. The van der Waals surface area contributed by atoms with Gasteiger partial charge < -0.3 is 14.2 Å². The zero-order valence-electron chi connectivity index (χ0n) is 12.3. The molecule has 3 rings (SSSR count). The summed E-state index contributed by atoms with van der Waals surface area (Å²) in [7, 11) is 0. The number of carbonyl (C=O) groups is 1. The van der Waals surface area contributed by atoms with Crippen molar-refractivity contribution < 1.29 is 19.0 Å². The number of carbonyl (C=O) groups excluding carboxylic acids is 1. The summed E-state index contributed by atoms with van der Waals surface area (Å²) in [6, 6.07) is 7.85. The molecule has 1 aromatic rings. The van der Waals surface area contributed by atoms with Crippen LogP contribution in [0.1, 0.15) is 24.8 Å². The lowest BCUT2D eigenvalue weighted by Crippen LogP contribution is -2.29. The molecule has 0 saturated carbocycles. The standard InChI is InChI=1S/C16H21NO4/c1-12-5-4-6-13(9-12)17-10-14(21-16(17)18)11-20-15-7-2-3-8-19-15/h4-6,9,14-15H,2-3,7-8,10-11H2,1H3. The minimum absolute atomic E-state index is 0.148. The van der Waals surface area contributed by atoms with Gasteiger partial charge in [-0.15, -0.1) is 0 Å². The Bertz CT molecular complexity index is 499. The fraction of sp³-hybridized carbons (Fsp3) is 0.562. The van der Waals surface area contributed by atoms with E-state index in [1.54, 1.807) is 4.90 Å². The van der Waals surface area contributed by atoms with Gasteiger partial charge in [-0.2, -0.15) is 0 Å². The second-order valence-corrected chi connectivity index (χ2v) is 5.58. The molecule has 1 amide bonds. The Kier molecular flexibility index (Phi) is 4.41. The molecular formula is C16H21NO4. The Balaban J connectivity index is 1.54. The second-order valence-electron chi connectivity index (χ2n) is 5.58. The minimum Gasteiger partial charge on any atom is -0.441 e. The molecule has 2 heterocycles. The Hall–Kier alpha value is -1.59. The Morgan fingerprint density at radius 3 is 3.05 bits per heavy atom. The van der Waals surface area contributed by atoms with E-state index in [2.05, 4.69) is 0 Å². The van der Waals surface area contributed by atoms with Crippen molar-refractivity contribution in [3.8, 4) is 0 Å². The van der Waals surface area contributed by atoms with Gasteiger partial charge in [0.15, 0.2) is 6.29 Å². The van der Waals surface area contributed by atoms with Crippen LogP contribution < -0.4 is 4.90 Å². The molecule has 2 aliphatic heterocycles. The van der Waals surface area contributed by atoms with Crippen molar-refractivity contribution in [1.82, 2.24) is 0 Å². The van der Waals surface area contributed by atoms with E-state index in [0.717, 1.165) is 37.1 Å². The first-order chi connectivity index (χ1) is 10.2. The molecule has 0 aromatic heterocycles. The third-order valence-electron chi connectivity index (χ3n) is 3.79. The molecule has 1 aromatic carbocycles. The molecule has 2 saturated heterocycles. The summed E-state index contributed by atoms with van der Waals surface area (Å²) in [6.07, 6.45) is 2.46. The van der Waals surface area contributed by atoms with Crippen molar-refractivity contribution >= 4 is 11.8 Å². The molecule has 0 radical (unpaired) electrons. The van der Waals surface area contributed by atoms with Crippen LogP contribution in [0.2, 0.25) is 0 Å². The summed E-state index contributed by atoms with van der Waals surface area (Å²) in [5.74, 6) is 0. The number of hydrogen-bond acceptors (Lipinski definition) is 4. The van der Waals surface area contributed by atoms with Gasteiger partial charge in [-0.05, 0) is 43.9 Å². The lowest BCUT2D eigenvalue weighted by molar-refractivity contribution is -0.172. The predicted octanol–water partition coefficient (Wildman–Crippen LogP) is 2.86. The van der Waals surface area contributed by atoms with Gasteiger partial charge in [0.1, 0.15) is 6.10 Å². The zero-order valence-corrected chi connectivity index (χ0v) is 12.3.